The number of aryl methyl sites for hydroxylation is 2. The lowest BCUT2D eigenvalue weighted by Gasteiger charge is -2.14. The number of hydrogen-bond acceptors (Lipinski definition) is 5. The molecule has 0 atom stereocenters. The van der Waals surface area contributed by atoms with E-state index in [2.05, 4.69) is 27.1 Å². The van der Waals surface area contributed by atoms with Gasteiger partial charge in [0.2, 0.25) is 0 Å². The first-order chi connectivity index (χ1) is 15.2. The maximum absolute atomic E-state index is 6.45. The standard InChI is InChI=1S/C26H20N4O/c1-17-15-25(26(30-18(17)2)23-5-3-4-11-28-23)31-24-10-14-29-22-7-6-20(16-21(22)24)19-8-12-27-13-9-19/h3-16H,1-2H3. The van der Waals surface area contributed by atoms with Gasteiger partial charge in [-0.25, -0.2) is 4.98 Å². The van der Waals surface area contributed by atoms with Gasteiger partial charge in [0, 0.05) is 35.9 Å². The van der Waals surface area contributed by atoms with Gasteiger partial charge >= 0.3 is 0 Å². The Morgan fingerprint density at radius 1 is 0.710 bits per heavy atom. The van der Waals surface area contributed by atoms with Crippen molar-refractivity contribution in [2.24, 2.45) is 0 Å². The molecular formula is C26H20N4O. The number of pyridine rings is 4. The summed E-state index contributed by atoms with van der Waals surface area (Å²) >= 11 is 0. The highest BCUT2D eigenvalue weighted by Gasteiger charge is 2.15. The lowest BCUT2D eigenvalue weighted by atomic mass is 10.0. The van der Waals surface area contributed by atoms with Gasteiger partial charge in [-0.05, 0) is 79.1 Å². The molecule has 0 aliphatic carbocycles. The normalized spacial score (nSPS) is 10.9. The lowest BCUT2D eigenvalue weighted by Crippen LogP contribution is -1.98. The molecule has 31 heavy (non-hydrogen) atoms. The number of ether oxygens (including phenoxy) is 1. The number of fused-ring (bicyclic) bond motifs is 1. The highest BCUT2D eigenvalue weighted by Crippen LogP contribution is 2.36. The summed E-state index contributed by atoms with van der Waals surface area (Å²) in [6, 6.07) is 19.8. The first-order valence-electron chi connectivity index (χ1n) is 10.1. The largest absolute Gasteiger partial charge is 0.454 e. The number of aromatic nitrogens is 4. The quantitative estimate of drug-likeness (QED) is 0.359. The van der Waals surface area contributed by atoms with Crippen LogP contribution in [0.3, 0.4) is 0 Å². The molecule has 0 aliphatic heterocycles. The Labute approximate surface area is 180 Å². The summed E-state index contributed by atoms with van der Waals surface area (Å²) < 4.78 is 6.45. The van der Waals surface area contributed by atoms with Crippen molar-refractivity contribution in [3.63, 3.8) is 0 Å². The fourth-order valence-electron chi connectivity index (χ4n) is 3.50. The Morgan fingerprint density at radius 3 is 2.39 bits per heavy atom. The fourth-order valence-corrected chi connectivity index (χ4v) is 3.50. The zero-order chi connectivity index (χ0) is 21.2. The van der Waals surface area contributed by atoms with Crippen LogP contribution in [0.25, 0.3) is 33.4 Å². The maximum atomic E-state index is 6.45. The maximum Gasteiger partial charge on any atom is 0.155 e. The molecule has 5 heteroatoms. The van der Waals surface area contributed by atoms with E-state index >= 15 is 0 Å². The molecule has 0 bridgehead atoms. The van der Waals surface area contributed by atoms with Crippen molar-refractivity contribution in [2.75, 3.05) is 0 Å². The van der Waals surface area contributed by atoms with Crippen molar-refractivity contribution >= 4 is 10.9 Å². The van der Waals surface area contributed by atoms with Gasteiger partial charge < -0.3 is 4.74 Å². The van der Waals surface area contributed by atoms with Crippen LogP contribution in [0.5, 0.6) is 11.5 Å². The van der Waals surface area contributed by atoms with E-state index in [1.165, 1.54) is 0 Å². The number of rotatable bonds is 4. The van der Waals surface area contributed by atoms with Crippen LogP contribution in [0.2, 0.25) is 0 Å². The Balaban J connectivity index is 1.64. The van der Waals surface area contributed by atoms with E-state index in [9.17, 15) is 0 Å². The summed E-state index contributed by atoms with van der Waals surface area (Å²) in [7, 11) is 0. The predicted octanol–water partition coefficient (Wildman–Crippen LogP) is 6.16. The average Bonchev–Trinajstić information content (AvgIpc) is 2.82. The van der Waals surface area contributed by atoms with Gasteiger partial charge in [0.1, 0.15) is 11.4 Å². The molecule has 0 saturated heterocycles. The van der Waals surface area contributed by atoms with Gasteiger partial charge in [-0.1, -0.05) is 12.1 Å². The molecule has 0 fully saturated rings. The molecular weight excluding hydrogens is 384 g/mol. The van der Waals surface area contributed by atoms with E-state index in [0.29, 0.717) is 5.75 Å². The summed E-state index contributed by atoms with van der Waals surface area (Å²) in [4.78, 5) is 17.9. The average molecular weight is 404 g/mol. The summed E-state index contributed by atoms with van der Waals surface area (Å²) in [5.41, 5.74) is 6.55. The van der Waals surface area contributed by atoms with Crippen molar-refractivity contribution in [3.8, 4) is 34.0 Å². The van der Waals surface area contributed by atoms with E-state index in [4.69, 9.17) is 9.72 Å². The second kappa shape index (κ2) is 7.95. The summed E-state index contributed by atoms with van der Waals surface area (Å²) in [5.74, 6) is 1.40. The van der Waals surface area contributed by atoms with Crippen molar-refractivity contribution in [2.45, 2.75) is 13.8 Å². The van der Waals surface area contributed by atoms with Crippen LogP contribution < -0.4 is 4.74 Å². The molecule has 0 unspecified atom stereocenters. The van der Waals surface area contributed by atoms with E-state index in [1.807, 2.05) is 62.4 Å². The molecule has 4 heterocycles. The van der Waals surface area contributed by atoms with Gasteiger partial charge in [-0.15, -0.1) is 0 Å². The molecule has 0 amide bonds. The zero-order valence-electron chi connectivity index (χ0n) is 17.3. The first kappa shape index (κ1) is 18.9. The molecule has 5 nitrogen and oxygen atoms in total. The third-order valence-electron chi connectivity index (χ3n) is 5.27. The molecule has 5 rings (SSSR count). The molecule has 0 radical (unpaired) electrons. The first-order valence-corrected chi connectivity index (χ1v) is 10.1. The van der Waals surface area contributed by atoms with E-state index in [1.54, 1.807) is 24.8 Å². The number of hydrogen-bond donors (Lipinski definition) is 0. The minimum atomic E-state index is 0.670. The van der Waals surface area contributed by atoms with E-state index < -0.39 is 0 Å². The SMILES string of the molecule is Cc1cc(Oc2ccnc3ccc(-c4ccncc4)cc23)c(-c2ccccn2)nc1C. The summed E-state index contributed by atoms with van der Waals surface area (Å²) in [5, 5.41) is 0.932. The predicted molar refractivity (Wildman–Crippen MR) is 122 cm³/mol. The molecule has 5 aromatic rings. The van der Waals surface area contributed by atoms with Crippen LogP contribution >= 0.6 is 0 Å². The second-order valence-electron chi connectivity index (χ2n) is 7.33. The summed E-state index contributed by atoms with van der Waals surface area (Å²) in [6.07, 6.45) is 7.11. The Kier molecular flexibility index (Phi) is 4.84. The zero-order valence-corrected chi connectivity index (χ0v) is 17.3. The van der Waals surface area contributed by atoms with Crippen LogP contribution in [-0.2, 0) is 0 Å². The van der Waals surface area contributed by atoms with Gasteiger partial charge in [0.25, 0.3) is 0 Å². The van der Waals surface area contributed by atoms with Gasteiger partial charge in [-0.3, -0.25) is 15.0 Å². The molecule has 0 saturated carbocycles. The van der Waals surface area contributed by atoms with Crippen molar-refractivity contribution in [1.29, 1.82) is 0 Å². The van der Waals surface area contributed by atoms with Gasteiger partial charge in [-0.2, -0.15) is 0 Å². The van der Waals surface area contributed by atoms with Crippen LogP contribution in [0.1, 0.15) is 11.3 Å². The molecule has 4 aromatic heterocycles. The van der Waals surface area contributed by atoms with Crippen molar-refractivity contribution < 1.29 is 4.74 Å². The number of benzene rings is 1. The summed E-state index contributed by atoms with van der Waals surface area (Å²) in [6.45, 7) is 4.03. The minimum absolute atomic E-state index is 0.670. The van der Waals surface area contributed by atoms with Gasteiger partial charge in [0.05, 0.1) is 11.2 Å². The molecule has 150 valence electrons. The smallest absolute Gasteiger partial charge is 0.155 e. The van der Waals surface area contributed by atoms with Crippen molar-refractivity contribution in [3.05, 3.63) is 96.7 Å². The highest BCUT2D eigenvalue weighted by molar-refractivity contribution is 5.89. The van der Waals surface area contributed by atoms with E-state index in [-0.39, 0.29) is 0 Å². The van der Waals surface area contributed by atoms with Gasteiger partial charge in [0.15, 0.2) is 5.75 Å². The monoisotopic (exact) mass is 404 g/mol. The molecule has 0 aliphatic rings. The minimum Gasteiger partial charge on any atom is -0.454 e. The lowest BCUT2D eigenvalue weighted by molar-refractivity contribution is 0.486. The van der Waals surface area contributed by atoms with Crippen molar-refractivity contribution in [1.82, 2.24) is 19.9 Å². The van der Waals surface area contributed by atoms with Crippen LogP contribution in [0.15, 0.2) is 85.5 Å². The third kappa shape index (κ3) is 3.73. The van der Waals surface area contributed by atoms with Crippen LogP contribution in [0, 0.1) is 13.8 Å². The molecule has 0 N–H and O–H groups in total. The fraction of sp³-hybridized carbons (Fsp3) is 0.0769. The highest BCUT2D eigenvalue weighted by atomic mass is 16.5. The molecule has 0 spiro atoms. The van der Waals surface area contributed by atoms with E-state index in [0.717, 1.165) is 50.4 Å². The Hall–Kier alpha value is -4.12. The number of nitrogens with zero attached hydrogens (tertiary/aromatic N) is 4. The second-order valence-corrected chi connectivity index (χ2v) is 7.33. The third-order valence-corrected chi connectivity index (χ3v) is 5.27. The Morgan fingerprint density at radius 2 is 1.58 bits per heavy atom. The molecule has 1 aromatic carbocycles. The Bertz CT molecular complexity index is 1370. The van der Waals surface area contributed by atoms with Crippen LogP contribution in [0.4, 0.5) is 0 Å². The topological polar surface area (TPSA) is 60.8 Å². The van der Waals surface area contributed by atoms with Crippen LogP contribution in [-0.4, -0.2) is 19.9 Å².